The van der Waals surface area contributed by atoms with Crippen molar-refractivity contribution in [3.8, 4) is 0 Å². The van der Waals surface area contributed by atoms with Gasteiger partial charge in [0, 0.05) is 6.92 Å². The Labute approximate surface area is 91.8 Å². The highest BCUT2D eigenvalue weighted by atomic mass is 19.4. The second-order valence-electron chi connectivity index (χ2n) is 3.44. The number of carbonyl (C=O) groups excluding carboxylic acids is 1. The fourth-order valence-corrected chi connectivity index (χ4v) is 0.906. The third-order valence-corrected chi connectivity index (χ3v) is 1.95. The molecule has 0 aliphatic carbocycles. The number of allylic oxidation sites excluding steroid dienone is 1. The van der Waals surface area contributed by atoms with Crippen LogP contribution < -0.4 is 0 Å². The highest BCUT2D eigenvalue weighted by Gasteiger charge is 2.27. The molecule has 92 valence electrons. The van der Waals surface area contributed by atoms with Crippen LogP contribution in [0, 0.1) is 5.41 Å². The molecule has 0 rings (SSSR count). The highest BCUT2D eigenvalue weighted by molar-refractivity contribution is 6.44. The normalized spacial score (nSPS) is 13.4. The van der Waals surface area contributed by atoms with Crippen LogP contribution >= 0.6 is 0 Å². The molecule has 0 spiro atoms. The van der Waals surface area contributed by atoms with Gasteiger partial charge in [0.25, 0.3) is 0 Å². The van der Waals surface area contributed by atoms with Crippen LogP contribution in [0.5, 0.6) is 0 Å². The van der Waals surface area contributed by atoms with E-state index in [1.807, 2.05) is 0 Å². The molecule has 0 aliphatic rings. The maximum atomic E-state index is 11.8. The van der Waals surface area contributed by atoms with Gasteiger partial charge in [-0.05, 0) is 25.0 Å². The Bertz CT molecular complexity index is 319. The van der Waals surface area contributed by atoms with E-state index in [0.717, 1.165) is 0 Å². The first-order chi connectivity index (χ1) is 7.15. The van der Waals surface area contributed by atoms with Crippen LogP contribution in [0.15, 0.2) is 11.1 Å². The molecule has 0 heterocycles. The minimum Gasteiger partial charge on any atom is -0.368 e. The number of Topliss-reactive ketones (excluding diaryl/α,β-unsaturated/α-hetero) is 1. The molecule has 0 bridgehead atoms. The fourth-order valence-electron chi connectivity index (χ4n) is 0.906. The lowest BCUT2D eigenvalue weighted by Gasteiger charge is -2.10. The number of ketones is 1. The summed E-state index contributed by atoms with van der Waals surface area (Å²) in [5.74, 6) is -0.423. The van der Waals surface area contributed by atoms with E-state index < -0.39 is 18.6 Å². The Morgan fingerprint density at radius 3 is 2.12 bits per heavy atom. The molecule has 0 fully saturated rings. The summed E-state index contributed by atoms with van der Waals surface area (Å²) in [4.78, 5) is 10.8. The summed E-state index contributed by atoms with van der Waals surface area (Å²) in [5, 5.41) is 7.35. The van der Waals surface area contributed by atoms with Gasteiger partial charge in [-0.3, -0.25) is 10.2 Å². The van der Waals surface area contributed by atoms with Crippen LogP contribution in [0.4, 0.5) is 13.2 Å². The van der Waals surface area contributed by atoms with Gasteiger partial charge in [0.1, 0.15) is 6.61 Å². The SMILES string of the molecule is CC(=O)C(=N)/C(C)=C(\C)COCC(F)(F)F. The van der Waals surface area contributed by atoms with Crippen molar-refractivity contribution in [2.24, 2.45) is 0 Å². The number of alkyl halides is 3. The smallest absolute Gasteiger partial charge is 0.368 e. The van der Waals surface area contributed by atoms with Crippen molar-refractivity contribution in [2.75, 3.05) is 13.2 Å². The van der Waals surface area contributed by atoms with Gasteiger partial charge >= 0.3 is 6.18 Å². The van der Waals surface area contributed by atoms with Gasteiger partial charge in [0.05, 0.1) is 12.3 Å². The molecule has 0 unspecified atom stereocenters. The molecule has 6 heteroatoms. The second kappa shape index (κ2) is 5.79. The molecule has 0 aliphatic heterocycles. The minimum atomic E-state index is -4.36. The number of ether oxygens (including phenoxy) is 1. The lowest BCUT2D eigenvalue weighted by Crippen LogP contribution is -2.19. The first-order valence-electron chi connectivity index (χ1n) is 4.56. The topological polar surface area (TPSA) is 50.2 Å². The molecule has 0 amide bonds. The van der Waals surface area contributed by atoms with E-state index in [1.165, 1.54) is 20.8 Å². The van der Waals surface area contributed by atoms with Crippen molar-refractivity contribution in [3.63, 3.8) is 0 Å². The second-order valence-corrected chi connectivity index (χ2v) is 3.44. The van der Waals surface area contributed by atoms with Crippen LogP contribution in [0.2, 0.25) is 0 Å². The molecule has 0 aromatic heterocycles. The zero-order valence-corrected chi connectivity index (χ0v) is 9.36. The van der Waals surface area contributed by atoms with Gasteiger partial charge in [-0.1, -0.05) is 0 Å². The van der Waals surface area contributed by atoms with Gasteiger partial charge in [0.2, 0.25) is 0 Å². The molecule has 0 aromatic rings. The van der Waals surface area contributed by atoms with E-state index in [0.29, 0.717) is 11.1 Å². The summed E-state index contributed by atoms with van der Waals surface area (Å²) in [5.41, 5.74) is 0.604. The molecular weight excluding hydrogens is 223 g/mol. The summed E-state index contributed by atoms with van der Waals surface area (Å²) in [6, 6.07) is 0. The summed E-state index contributed by atoms with van der Waals surface area (Å²) in [7, 11) is 0. The summed E-state index contributed by atoms with van der Waals surface area (Å²) >= 11 is 0. The van der Waals surface area contributed by atoms with Crippen LogP contribution in [-0.2, 0) is 9.53 Å². The van der Waals surface area contributed by atoms with Crippen molar-refractivity contribution < 1.29 is 22.7 Å². The number of nitrogens with one attached hydrogen (secondary N) is 1. The summed E-state index contributed by atoms with van der Waals surface area (Å²) in [6.45, 7) is 2.71. The number of halogens is 3. The van der Waals surface area contributed by atoms with E-state index in [-0.39, 0.29) is 12.3 Å². The molecule has 0 saturated carbocycles. The van der Waals surface area contributed by atoms with Gasteiger partial charge in [-0.25, -0.2) is 0 Å². The maximum absolute atomic E-state index is 11.8. The number of hydrogen-bond donors (Lipinski definition) is 1. The standard InChI is InChI=1S/C10H14F3NO2/c1-6(4-16-5-10(11,12)13)7(2)9(14)8(3)15/h14H,4-5H2,1-3H3/b7-6+,14-9?. The van der Waals surface area contributed by atoms with Gasteiger partial charge in [-0.2, -0.15) is 13.2 Å². The summed E-state index contributed by atoms with van der Waals surface area (Å²) < 4.78 is 39.7. The zero-order chi connectivity index (χ0) is 12.9. The van der Waals surface area contributed by atoms with E-state index in [2.05, 4.69) is 4.74 Å². The average Bonchev–Trinajstić information content (AvgIpc) is 2.13. The number of hydrogen-bond acceptors (Lipinski definition) is 3. The number of rotatable bonds is 5. The first kappa shape index (κ1) is 14.8. The van der Waals surface area contributed by atoms with Crippen molar-refractivity contribution in [1.82, 2.24) is 0 Å². The van der Waals surface area contributed by atoms with Gasteiger partial charge in [0.15, 0.2) is 5.78 Å². The minimum absolute atomic E-state index is 0.201. The molecule has 16 heavy (non-hydrogen) atoms. The van der Waals surface area contributed by atoms with Crippen LogP contribution in [0.3, 0.4) is 0 Å². The van der Waals surface area contributed by atoms with Crippen LogP contribution in [0.1, 0.15) is 20.8 Å². The van der Waals surface area contributed by atoms with E-state index in [9.17, 15) is 18.0 Å². The average molecular weight is 237 g/mol. The molecule has 1 N–H and O–H groups in total. The molecule has 0 aromatic carbocycles. The Morgan fingerprint density at radius 2 is 1.75 bits per heavy atom. The van der Waals surface area contributed by atoms with Gasteiger partial charge in [-0.15, -0.1) is 0 Å². The third-order valence-electron chi connectivity index (χ3n) is 1.95. The maximum Gasteiger partial charge on any atom is 0.411 e. The Balaban J connectivity index is 4.34. The molecule has 3 nitrogen and oxygen atoms in total. The van der Waals surface area contributed by atoms with Crippen molar-refractivity contribution in [3.05, 3.63) is 11.1 Å². The molecular formula is C10H14F3NO2. The number of carbonyl (C=O) groups is 1. The quantitative estimate of drug-likeness (QED) is 0.747. The molecule has 0 radical (unpaired) electrons. The van der Waals surface area contributed by atoms with E-state index >= 15 is 0 Å². The molecule has 0 saturated heterocycles. The monoisotopic (exact) mass is 237 g/mol. The molecule has 0 atom stereocenters. The largest absolute Gasteiger partial charge is 0.411 e. The van der Waals surface area contributed by atoms with E-state index in [1.54, 1.807) is 0 Å². The Hall–Kier alpha value is -1.17. The Kier molecular flexibility index (Phi) is 5.37. The predicted octanol–water partition coefficient (Wildman–Crippen LogP) is 2.51. The van der Waals surface area contributed by atoms with Crippen molar-refractivity contribution >= 4 is 11.5 Å². The van der Waals surface area contributed by atoms with Gasteiger partial charge < -0.3 is 4.74 Å². The highest BCUT2D eigenvalue weighted by Crippen LogP contribution is 2.15. The van der Waals surface area contributed by atoms with E-state index in [4.69, 9.17) is 5.41 Å². The van der Waals surface area contributed by atoms with Crippen molar-refractivity contribution in [1.29, 1.82) is 5.41 Å². The van der Waals surface area contributed by atoms with Crippen LogP contribution in [-0.4, -0.2) is 30.9 Å². The lowest BCUT2D eigenvalue weighted by atomic mass is 10.0. The predicted molar refractivity (Wildman–Crippen MR) is 53.7 cm³/mol. The van der Waals surface area contributed by atoms with Crippen molar-refractivity contribution in [2.45, 2.75) is 26.9 Å². The third kappa shape index (κ3) is 5.65. The summed E-state index contributed by atoms with van der Waals surface area (Å²) in [6.07, 6.45) is -4.36. The fraction of sp³-hybridized carbons (Fsp3) is 0.600. The first-order valence-corrected chi connectivity index (χ1v) is 4.56. The Morgan fingerprint density at radius 1 is 1.25 bits per heavy atom. The lowest BCUT2D eigenvalue weighted by molar-refractivity contribution is -0.171. The van der Waals surface area contributed by atoms with Crippen LogP contribution in [0.25, 0.3) is 0 Å². The zero-order valence-electron chi connectivity index (χ0n) is 9.36.